The van der Waals surface area contributed by atoms with Gasteiger partial charge in [-0.2, -0.15) is 0 Å². The van der Waals surface area contributed by atoms with Gasteiger partial charge in [0, 0.05) is 12.8 Å². The molecule has 0 heterocycles. The van der Waals surface area contributed by atoms with E-state index in [2.05, 4.69) is 135 Å². The van der Waals surface area contributed by atoms with Crippen molar-refractivity contribution in [2.24, 2.45) is 0 Å². The van der Waals surface area contributed by atoms with Crippen LogP contribution in [0.3, 0.4) is 0 Å². The predicted octanol–water partition coefficient (Wildman–Crippen LogP) is 26.3. The Morgan fingerprint density at radius 1 is 0.333 bits per heavy atom. The van der Waals surface area contributed by atoms with Gasteiger partial charge in [0.25, 0.3) is 7.82 Å². The van der Waals surface area contributed by atoms with E-state index in [1.54, 1.807) is 0 Å². The molecular weight excluding hydrogens is 1210 g/mol. The van der Waals surface area contributed by atoms with Crippen molar-refractivity contribution in [3.05, 3.63) is 122 Å². The van der Waals surface area contributed by atoms with E-state index in [1.807, 2.05) is 21.1 Å². The zero-order chi connectivity index (χ0) is 69.7. The van der Waals surface area contributed by atoms with Gasteiger partial charge in [0.2, 0.25) is 0 Å². The molecule has 0 aliphatic rings. The van der Waals surface area contributed by atoms with Gasteiger partial charge in [-0.3, -0.25) is 14.2 Å². The number of likely N-dealkylation sites (N-methyl/N-ethyl adjacent to an activating group) is 1. The summed E-state index contributed by atoms with van der Waals surface area (Å²) in [5.41, 5.74) is 0. The maximum absolute atomic E-state index is 12.9. The lowest BCUT2D eigenvalue weighted by Crippen LogP contribution is -2.37. The number of phosphoric ester groups is 1. The largest absolute Gasteiger partial charge is 0.756 e. The first kappa shape index (κ1) is 92.4. The molecule has 0 rings (SSSR count). The second-order valence-electron chi connectivity index (χ2n) is 28.0. The van der Waals surface area contributed by atoms with E-state index in [4.69, 9.17) is 18.5 Å². The molecule has 0 N–H and O–H groups in total. The van der Waals surface area contributed by atoms with E-state index in [0.717, 1.165) is 96.3 Å². The van der Waals surface area contributed by atoms with Crippen LogP contribution in [0.4, 0.5) is 0 Å². The highest BCUT2D eigenvalue weighted by atomic mass is 31.2. The molecule has 0 aromatic rings. The van der Waals surface area contributed by atoms with Crippen LogP contribution >= 0.6 is 7.82 Å². The van der Waals surface area contributed by atoms with Crippen LogP contribution in [0.1, 0.15) is 361 Å². The number of carbonyl (C=O) groups excluding carboxylic acids is 2. The van der Waals surface area contributed by atoms with E-state index in [0.29, 0.717) is 17.4 Å². The zero-order valence-corrected chi connectivity index (χ0v) is 64.2. The fourth-order valence-electron chi connectivity index (χ4n) is 11.4. The third-order valence-electron chi connectivity index (χ3n) is 17.5. The fraction of sp³-hybridized carbons (Fsp3) is 0.744. The number of ether oxygens (including phenoxy) is 2. The lowest BCUT2D eigenvalue weighted by atomic mass is 10.0. The van der Waals surface area contributed by atoms with Crippen LogP contribution in [0.25, 0.3) is 0 Å². The Morgan fingerprint density at radius 2 is 0.594 bits per heavy atom. The number of esters is 2. The third-order valence-corrected chi connectivity index (χ3v) is 18.4. The first-order valence-electron chi connectivity index (χ1n) is 40.2. The van der Waals surface area contributed by atoms with E-state index < -0.39 is 26.5 Å². The summed E-state index contributed by atoms with van der Waals surface area (Å²) in [6, 6.07) is 0. The molecule has 0 saturated heterocycles. The Hall–Kier alpha value is -3.59. The second-order valence-corrected chi connectivity index (χ2v) is 29.5. The lowest BCUT2D eigenvalue weighted by molar-refractivity contribution is -0.870. The first-order valence-corrected chi connectivity index (χ1v) is 41.7. The van der Waals surface area contributed by atoms with Gasteiger partial charge in [-0.25, -0.2) is 0 Å². The van der Waals surface area contributed by atoms with Crippen molar-refractivity contribution in [3.8, 4) is 0 Å². The minimum atomic E-state index is -4.65. The molecule has 0 aliphatic carbocycles. The highest BCUT2D eigenvalue weighted by Gasteiger charge is 2.22. The van der Waals surface area contributed by atoms with Crippen LogP contribution in [0.2, 0.25) is 0 Å². The third kappa shape index (κ3) is 79.4. The Morgan fingerprint density at radius 3 is 0.885 bits per heavy atom. The summed E-state index contributed by atoms with van der Waals surface area (Å²) in [6.45, 7) is 4.16. The monoisotopic (exact) mass is 1360 g/mol. The standard InChI is InChI=1S/C86H152NO8P/c1-6-8-10-12-14-16-18-20-22-24-26-28-30-32-34-36-38-40-41-42-43-44-45-47-49-51-53-55-57-59-61-63-65-67-69-71-73-75-77-79-86(89)95-84(83-94-96(90,91)93-81-80-87(3,4)5)82-92-85(88)78-76-74-72-70-68-66-64-62-60-58-56-54-52-50-48-46-39-37-35-33-31-29-27-25-23-21-19-17-15-13-11-9-7-2/h8,10,14,16,19-22,25-28,32,34,38,40,42-43,45,47,84H,6-7,9,11-13,15,17-18,23-24,29-31,33,35-37,39,41,44,46,48-83H2,1-5H3/b10-8-,16-14-,21-19-,22-20-,27-25-,28-26-,34-32-,40-38-,43-42-,47-45-. The summed E-state index contributed by atoms with van der Waals surface area (Å²) in [5.74, 6) is -0.823. The van der Waals surface area contributed by atoms with Crippen molar-refractivity contribution in [1.29, 1.82) is 0 Å². The van der Waals surface area contributed by atoms with Crippen LogP contribution in [0.15, 0.2) is 122 Å². The number of unbranched alkanes of at least 4 members (excludes halogenated alkanes) is 40. The number of phosphoric acid groups is 1. The summed E-state index contributed by atoms with van der Waals surface area (Å²) >= 11 is 0. The minimum Gasteiger partial charge on any atom is -0.756 e. The maximum atomic E-state index is 12.9. The van der Waals surface area contributed by atoms with Crippen molar-refractivity contribution < 1.29 is 42.1 Å². The average molecular weight is 1360 g/mol. The first-order chi connectivity index (χ1) is 47.0. The quantitative estimate of drug-likeness (QED) is 0.0195. The van der Waals surface area contributed by atoms with Gasteiger partial charge < -0.3 is 27.9 Å². The van der Waals surface area contributed by atoms with E-state index in [-0.39, 0.29) is 32.0 Å². The van der Waals surface area contributed by atoms with E-state index in [9.17, 15) is 19.0 Å². The summed E-state index contributed by atoms with van der Waals surface area (Å²) in [5, 5.41) is 0. The van der Waals surface area contributed by atoms with Crippen molar-refractivity contribution in [1.82, 2.24) is 0 Å². The zero-order valence-electron chi connectivity index (χ0n) is 63.3. The minimum absolute atomic E-state index is 0.0331. The average Bonchev–Trinajstić information content (AvgIpc) is 1.98. The van der Waals surface area contributed by atoms with Crippen LogP contribution in [-0.2, 0) is 32.7 Å². The van der Waals surface area contributed by atoms with E-state index in [1.165, 1.54) is 231 Å². The van der Waals surface area contributed by atoms with Crippen molar-refractivity contribution >= 4 is 19.8 Å². The number of nitrogens with zero attached hydrogens (tertiary/aromatic N) is 1. The van der Waals surface area contributed by atoms with E-state index >= 15 is 0 Å². The second kappa shape index (κ2) is 75.6. The summed E-state index contributed by atoms with van der Waals surface area (Å²) in [4.78, 5) is 38.2. The molecule has 2 unspecified atom stereocenters. The van der Waals surface area contributed by atoms with Crippen molar-refractivity contribution in [3.63, 3.8) is 0 Å². The van der Waals surface area contributed by atoms with Crippen molar-refractivity contribution in [2.75, 3.05) is 47.5 Å². The molecule has 0 radical (unpaired) electrons. The molecule has 10 heteroatoms. The molecule has 9 nitrogen and oxygen atoms in total. The van der Waals surface area contributed by atoms with Crippen LogP contribution in [0, 0.1) is 0 Å². The molecule has 0 bridgehead atoms. The molecule has 96 heavy (non-hydrogen) atoms. The number of hydrogen-bond acceptors (Lipinski definition) is 8. The van der Waals surface area contributed by atoms with Gasteiger partial charge in [0.1, 0.15) is 19.8 Å². The van der Waals surface area contributed by atoms with Gasteiger partial charge in [-0.15, -0.1) is 0 Å². The highest BCUT2D eigenvalue weighted by molar-refractivity contribution is 7.45. The normalized spacial score (nSPS) is 13.7. The Kier molecular flexibility index (Phi) is 72.8. The molecular formula is C86H152NO8P. The topological polar surface area (TPSA) is 111 Å². The van der Waals surface area contributed by atoms with Gasteiger partial charge in [-0.1, -0.05) is 360 Å². The predicted molar refractivity (Wildman–Crippen MR) is 415 cm³/mol. The molecule has 0 fully saturated rings. The molecule has 554 valence electrons. The molecule has 0 aliphatic heterocycles. The molecule has 0 aromatic carbocycles. The molecule has 0 amide bonds. The van der Waals surface area contributed by atoms with Gasteiger partial charge >= 0.3 is 11.9 Å². The number of quaternary nitrogens is 1. The fourth-order valence-corrected chi connectivity index (χ4v) is 12.1. The van der Waals surface area contributed by atoms with Gasteiger partial charge in [-0.05, 0) is 109 Å². The maximum Gasteiger partial charge on any atom is 0.306 e. The van der Waals surface area contributed by atoms with Gasteiger partial charge in [0.05, 0.1) is 27.7 Å². The molecule has 2 atom stereocenters. The highest BCUT2D eigenvalue weighted by Crippen LogP contribution is 2.38. The summed E-state index contributed by atoms with van der Waals surface area (Å²) in [6.07, 6.45) is 109. The SMILES string of the molecule is CC/C=C\C/C=C\C/C=C\C/C=C\C/C=C\C/C=C\C/C=C\C/C=C\CCCCCCCCCCCCCCCCC(=O)OC(COC(=O)CCCCCCCCCCCCCCCCCCCCCCC/C=C\C/C=C\CCCCCCC)COP(=O)([O-])OCC[N+](C)(C)C. The molecule has 0 aromatic heterocycles. The van der Waals surface area contributed by atoms with Crippen molar-refractivity contribution in [2.45, 2.75) is 367 Å². The summed E-state index contributed by atoms with van der Waals surface area (Å²) < 4.78 is 34.4. The lowest BCUT2D eigenvalue weighted by Gasteiger charge is -2.28. The Bertz CT molecular complexity index is 2040. The number of allylic oxidation sites excluding steroid dienone is 20. The summed E-state index contributed by atoms with van der Waals surface area (Å²) in [7, 11) is 1.17. The molecule has 0 saturated carbocycles. The molecule has 0 spiro atoms. The van der Waals surface area contributed by atoms with Crippen LogP contribution < -0.4 is 4.89 Å². The van der Waals surface area contributed by atoms with Crippen LogP contribution in [0.5, 0.6) is 0 Å². The smallest absolute Gasteiger partial charge is 0.306 e. The number of carbonyl (C=O) groups is 2. The number of hydrogen-bond donors (Lipinski definition) is 0. The number of rotatable bonds is 74. The Labute approximate surface area is 594 Å². The van der Waals surface area contributed by atoms with Gasteiger partial charge in [0.15, 0.2) is 6.10 Å². The Balaban J connectivity index is 3.98. The van der Waals surface area contributed by atoms with Crippen LogP contribution in [-0.4, -0.2) is 70.0 Å².